The molecule has 0 saturated carbocycles. The average Bonchev–Trinajstić information content (AvgIpc) is 2.98. The smallest absolute Gasteiger partial charge is 0.410 e. The van der Waals surface area contributed by atoms with E-state index in [0.717, 1.165) is 29.8 Å². The van der Waals surface area contributed by atoms with Crippen LogP contribution in [0.2, 0.25) is 0 Å². The van der Waals surface area contributed by atoms with E-state index in [1.165, 1.54) is 5.56 Å². The summed E-state index contributed by atoms with van der Waals surface area (Å²) < 4.78 is 11.8. The van der Waals surface area contributed by atoms with E-state index in [9.17, 15) is 4.79 Å². The van der Waals surface area contributed by atoms with E-state index < -0.39 is 5.60 Å². The number of amides is 1. The van der Waals surface area contributed by atoms with Crippen LogP contribution in [0.3, 0.4) is 0 Å². The van der Waals surface area contributed by atoms with E-state index in [1.807, 2.05) is 43.9 Å². The van der Waals surface area contributed by atoms with Gasteiger partial charge in [0.05, 0.1) is 6.61 Å². The molecule has 0 N–H and O–H groups in total. The lowest BCUT2D eigenvalue weighted by atomic mass is 9.86. The Bertz CT molecular complexity index is 825. The molecule has 2 aromatic rings. The van der Waals surface area contributed by atoms with Crippen molar-refractivity contribution in [1.82, 2.24) is 4.90 Å². The van der Waals surface area contributed by atoms with Crippen molar-refractivity contribution < 1.29 is 14.3 Å². The summed E-state index contributed by atoms with van der Waals surface area (Å²) in [6.45, 7) is 7.84. The first-order valence-corrected chi connectivity index (χ1v) is 9.71. The number of para-hydroxylation sites is 1. The topological polar surface area (TPSA) is 38.8 Å². The third kappa shape index (κ3) is 3.66. The Labute approximate surface area is 161 Å². The van der Waals surface area contributed by atoms with Crippen molar-refractivity contribution in [1.29, 1.82) is 0 Å². The summed E-state index contributed by atoms with van der Waals surface area (Å²) in [5, 5.41) is 0. The number of ether oxygens (including phenoxy) is 2. The number of likely N-dealkylation sites (tertiary alicyclic amines) is 1. The van der Waals surface area contributed by atoms with E-state index in [-0.39, 0.29) is 6.09 Å². The first-order valence-electron chi connectivity index (χ1n) is 9.71. The van der Waals surface area contributed by atoms with Crippen LogP contribution in [0.1, 0.15) is 38.7 Å². The van der Waals surface area contributed by atoms with Gasteiger partial charge in [-0.1, -0.05) is 48.5 Å². The largest absolute Gasteiger partial charge is 0.493 e. The van der Waals surface area contributed by atoms with Crippen LogP contribution < -0.4 is 4.74 Å². The second-order valence-electron chi connectivity index (χ2n) is 8.48. The molecular formula is C23H27NO3. The van der Waals surface area contributed by atoms with Crippen LogP contribution >= 0.6 is 0 Å². The Hall–Kier alpha value is -2.49. The maximum absolute atomic E-state index is 12.6. The van der Waals surface area contributed by atoms with Gasteiger partial charge in [0, 0.05) is 24.6 Å². The fourth-order valence-electron chi connectivity index (χ4n) is 4.16. The van der Waals surface area contributed by atoms with Crippen molar-refractivity contribution in [3.8, 4) is 16.9 Å². The molecule has 4 heteroatoms. The van der Waals surface area contributed by atoms with Gasteiger partial charge in [-0.3, -0.25) is 0 Å². The van der Waals surface area contributed by atoms with Crippen LogP contribution in [0.15, 0.2) is 48.5 Å². The molecule has 1 amide bonds. The van der Waals surface area contributed by atoms with Crippen molar-refractivity contribution in [2.45, 2.75) is 38.7 Å². The fourth-order valence-corrected chi connectivity index (χ4v) is 4.16. The molecule has 2 aromatic carbocycles. The quantitative estimate of drug-likeness (QED) is 0.707. The Morgan fingerprint density at radius 3 is 2.59 bits per heavy atom. The number of fused-ring (bicyclic) bond motifs is 3. The molecule has 4 nitrogen and oxygen atoms in total. The lowest BCUT2D eigenvalue weighted by molar-refractivity contribution is 0.0284. The number of hydrogen-bond donors (Lipinski definition) is 0. The molecule has 2 heterocycles. The molecule has 0 aliphatic carbocycles. The average molecular weight is 365 g/mol. The summed E-state index contributed by atoms with van der Waals surface area (Å²) in [6.07, 6.45) is 0.740. The third-order valence-corrected chi connectivity index (χ3v) is 5.36. The minimum atomic E-state index is -0.469. The van der Waals surface area contributed by atoms with Crippen molar-refractivity contribution >= 4 is 6.09 Å². The van der Waals surface area contributed by atoms with Gasteiger partial charge in [-0.25, -0.2) is 4.79 Å². The summed E-state index contributed by atoms with van der Waals surface area (Å²) in [5.74, 6) is 1.67. The van der Waals surface area contributed by atoms with Gasteiger partial charge in [-0.2, -0.15) is 0 Å². The van der Waals surface area contributed by atoms with E-state index in [1.54, 1.807) is 0 Å². The van der Waals surface area contributed by atoms with Crippen LogP contribution in [0.5, 0.6) is 5.75 Å². The molecule has 4 rings (SSSR count). The molecule has 2 aliphatic rings. The van der Waals surface area contributed by atoms with E-state index >= 15 is 0 Å². The highest BCUT2D eigenvalue weighted by Gasteiger charge is 2.40. The molecular weight excluding hydrogens is 338 g/mol. The van der Waals surface area contributed by atoms with Gasteiger partial charge < -0.3 is 14.4 Å². The van der Waals surface area contributed by atoms with Crippen LogP contribution in [0, 0.1) is 5.92 Å². The number of rotatable bonds is 1. The Morgan fingerprint density at radius 2 is 1.85 bits per heavy atom. The van der Waals surface area contributed by atoms with Gasteiger partial charge in [-0.15, -0.1) is 0 Å². The minimum absolute atomic E-state index is 0.211. The summed E-state index contributed by atoms with van der Waals surface area (Å²) in [7, 11) is 0. The molecule has 0 unspecified atom stereocenters. The van der Waals surface area contributed by atoms with E-state index in [2.05, 4.69) is 30.3 Å². The Balaban J connectivity index is 1.65. The molecule has 2 atom stereocenters. The summed E-state index contributed by atoms with van der Waals surface area (Å²) in [4.78, 5) is 14.4. The molecule has 1 fully saturated rings. The van der Waals surface area contributed by atoms with Crippen molar-refractivity contribution in [3.05, 3.63) is 54.1 Å². The molecule has 0 radical (unpaired) electrons. The molecule has 0 aromatic heterocycles. The molecule has 142 valence electrons. The fraction of sp³-hybridized carbons (Fsp3) is 0.435. The number of benzene rings is 2. The zero-order chi connectivity index (χ0) is 19.0. The second-order valence-corrected chi connectivity index (χ2v) is 8.48. The lowest BCUT2D eigenvalue weighted by Crippen LogP contribution is -2.35. The van der Waals surface area contributed by atoms with E-state index in [4.69, 9.17) is 9.47 Å². The monoisotopic (exact) mass is 365 g/mol. The lowest BCUT2D eigenvalue weighted by Gasteiger charge is -2.25. The van der Waals surface area contributed by atoms with Gasteiger partial charge in [0.25, 0.3) is 0 Å². The number of nitrogens with zero attached hydrogens (tertiary/aromatic N) is 1. The molecule has 0 spiro atoms. The summed E-state index contributed by atoms with van der Waals surface area (Å²) in [5.41, 5.74) is 3.03. The van der Waals surface area contributed by atoms with Crippen LogP contribution in [0.25, 0.3) is 11.1 Å². The molecule has 0 bridgehead atoms. The van der Waals surface area contributed by atoms with E-state index in [0.29, 0.717) is 25.0 Å². The predicted molar refractivity (Wildman–Crippen MR) is 106 cm³/mol. The predicted octanol–water partition coefficient (Wildman–Crippen LogP) is 5.09. The number of carbonyl (C=O) groups excluding carboxylic acids is 1. The Morgan fingerprint density at radius 1 is 1.07 bits per heavy atom. The number of hydrogen-bond acceptors (Lipinski definition) is 3. The van der Waals surface area contributed by atoms with Crippen LogP contribution in [-0.4, -0.2) is 36.3 Å². The van der Waals surface area contributed by atoms with Crippen molar-refractivity contribution in [2.24, 2.45) is 5.92 Å². The zero-order valence-electron chi connectivity index (χ0n) is 16.3. The molecule has 1 saturated heterocycles. The highest BCUT2D eigenvalue weighted by atomic mass is 16.6. The molecule has 27 heavy (non-hydrogen) atoms. The highest BCUT2D eigenvalue weighted by Crippen LogP contribution is 2.45. The van der Waals surface area contributed by atoms with Gasteiger partial charge in [0.2, 0.25) is 0 Å². The third-order valence-electron chi connectivity index (χ3n) is 5.36. The SMILES string of the molecule is CC(C)(C)OC(=O)N1C[C@@H]2CCOc3c(-c4ccccc4)cccc3[C@H]2C1. The van der Waals surface area contributed by atoms with Crippen molar-refractivity contribution in [3.63, 3.8) is 0 Å². The van der Waals surface area contributed by atoms with Gasteiger partial charge in [0.1, 0.15) is 11.4 Å². The van der Waals surface area contributed by atoms with Gasteiger partial charge in [-0.05, 0) is 44.2 Å². The van der Waals surface area contributed by atoms with Gasteiger partial charge in [0.15, 0.2) is 0 Å². The van der Waals surface area contributed by atoms with Gasteiger partial charge >= 0.3 is 6.09 Å². The zero-order valence-corrected chi connectivity index (χ0v) is 16.3. The maximum Gasteiger partial charge on any atom is 0.410 e. The van der Waals surface area contributed by atoms with Crippen LogP contribution in [-0.2, 0) is 4.74 Å². The summed E-state index contributed by atoms with van der Waals surface area (Å²) >= 11 is 0. The first kappa shape index (κ1) is 17.9. The molecule has 2 aliphatic heterocycles. The highest BCUT2D eigenvalue weighted by molar-refractivity contribution is 5.73. The first-order chi connectivity index (χ1) is 12.9. The summed E-state index contributed by atoms with van der Waals surface area (Å²) in [6, 6.07) is 16.7. The normalized spacial score (nSPS) is 21.7. The number of carbonyl (C=O) groups is 1. The van der Waals surface area contributed by atoms with Crippen LogP contribution in [0.4, 0.5) is 4.79 Å². The van der Waals surface area contributed by atoms with Crippen molar-refractivity contribution in [2.75, 3.05) is 19.7 Å². The standard InChI is InChI=1S/C23H27NO3/c1-23(2,3)27-22(25)24-14-17-12-13-26-21-18(16-8-5-4-6-9-16)10-7-11-19(21)20(17)15-24/h4-11,17,20H,12-15H2,1-3H3/t17-,20-/m0/s1. The minimum Gasteiger partial charge on any atom is -0.493 e. The second kappa shape index (κ2) is 6.91. The maximum atomic E-state index is 12.6. The Kier molecular flexibility index (Phi) is 4.58.